The molecular formula is C17H25NO. The monoisotopic (exact) mass is 259 g/mol. The fourth-order valence-electron chi connectivity index (χ4n) is 4.46. The van der Waals surface area contributed by atoms with Gasteiger partial charge in [-0.1, -0.05) is 19.9 Å². The van der Waals surface area contributed by atoms with Crippen molar-refractivity contribution in [3.8, 4) is 0 Å². The van der Waals surface area contributed by atoms with Gasteiger partial charge in [-0.3, -0.25) is 0 Å². The first-order valence-electron chi connectivity index (χ1n) is 7.60. The molecule has 2 heteroatoms. The van der Waals surface area contributed by atoms with Crippen LogP contribution in [0.4, 0.5) is 5.69 Å². The van der Waals surface area contributed by atoms with Gasteiger partial charge in [-0.05, 0) is 73.1 Å². The second-order valence-corrected chi connectivity index (χ2v) is 6.96. The van der Waals surface area contributed by atoms with E-state index in [-0.39, 0.29) is 0 Å². The van der Waals surface area contributed by atoms with E-state index in [9.17, 15) is 5.11 Å². The van der Waals surface area contributed by atoms with Gasteiger partial charge < -0.3 is 10.8 Å². The molecule has 0 saturated heterocycles. The quantitative estimate of drug-likeness (QED) is 0.759. The summed E-state index contributed by atoms with van der Waals surface area (Å²) in [7, 11) is 0. The molecule has 0 aromatic heterocycles. The van der Waals surface area contributed by atoms with Crippen molar-refractivity contribution in [2.24, 2.45) is 17.8 Å². The first kappa shape index (κ1) is 13.0. The SMILES string of the molecule is CC1CC(C)CC(C2(O)CCc3cc(N)ccc32)C1. The van der Waals surface area contributed by atoms with E-state index in [1.165, 1.54) is 12.0 Å². The van der Waals surface area contributed by atoms with Gasteiger partial charge in [-0.15, -0.1) is 0 Å². The first-order valence-corrected chi connectivity index (χ1v) is 7.60. The van der Waals surface area contributed by atoms with Gasteiger partial charge in [0.15, 0.2) is 0 Å². The number of anilines is 1. The zero-order valence-electron chi connectivity index (χ0n) is 12.0. The molecule has 3 rings (SSSR count). The van der Waals surface area contributed by atoms with Crippen LogP contribution in [0.25, 0.3) is 0 Å². The normalized spacial score (nSPS) is 38.2. The molecule has 104 valence electrons. The molecule has 0 amide bonds. The number of rotatable bonds is 1. The van der Waals surface area contributed by atoms with Crippen molar-refractivity contribution in [1.82, 2.24) is 0 Å². The second kappa shape index (κ2) is 4.52. The molecule has 1 aromatic rings. The highest BCUT2D eigenvalue weighted by Crippen LogP contribution is 2.49. The Balaban J connectivity index is 1.93. The lowest BCUT2D eigenvalue weighted by Gasteiger charge is -2.41. The van der Waals surface area contributed by atoms with E-state index < -0.39 is 5.60 Å². The Labute approximate surface area is 116 Å². The molecule has 3 atom stereocenters. The maximum absolute atomic E-state index is 11.3. The van der Waals surface area contributed by atoms with Crippen molar-refractivity contribution in [1.29, 1.82) is 0 Å². The third kappa shape index (κ3) is 2.16. The van der Waals surface area contributed by atoms with Crippen LogP contribution < -0.4 is 5.73 Å². The van der Waals surface area contributed by atoms with E-state index in [1.807, 2.05) is 12.1 Å². The van der Waals surface area contributed by atoms with Crippen molar-refractivity contribution in [2.45, 2.75) is 51.6 Å². The zero-order valence-corrected chi connectivity index (χ0v) is 12.0. The summed E-state index contributed by atoms with van der Waals surface area (Å²) < 4.78 is 0. The lowest BCUT2D eigenvalue weighted by atomic mass is 9.68. The fourth-order valence-corrected chi connectivity index (χ4v) is 4.46. The molecule has 1 fully saturated rings. The number of nitrogen functional groups attached to an aromatic ring is 1. The highest BCUT2D eigenvalue weighted by Gasteiger charge is 2.45. The Morgan fingerprint density at radius 3 is 2.53 bits per heavy atom. The van der Waals surface area contributed by atoms with Crippen molar-refractivity contribution in [3.63, 3.8) is 0 Å². The fraction of sp³-hybridized carbons (Fsp3) is 0.647. The van der Waals surface area contributed by atoms with Crippen LogP contribution in [0.15, 0.2) is 18.2 Å². The summed E-state index contributed by atoms with van der Waals surface area (Å²) in [6, 6.07) is 6.04. The third-order valence-electron chi connectivity index (χ3n) is 5.23. The van der Waals surface area contributed by atoms with Gasteiger partial charge in [0.05, 0.1) is 5.60 Å². The average Bonchev–Trinajstić information content (AvgIpc) is 2.66. The number of hydrogen-bond donors (Lipinski definition) is 2. The standard InChI is InChI=1S/C17H25NO/c1-11-7-12(2)9-14(8-11)17(19)6-5-13-10-15(18)3-4-16(13)17/h3-4,10-12,14,19H,5-9,18H2,1-2H3. The molecule has 0 bridgehead atoms. The maximum Gasteiger partial charge on any atom is 0.0930 e. The van der Waals surface area contributed by atoms with Crippen molar-refractivity contribution >= 4 is 5.69 Å². The minimum absolute atomic E-state index is 0.413. The van der Waals surface area contributed by atoms with E-state index in [2.05, 4.69) is 19.9 Å². The van der Waals surface area contributed by atoms with Crippen LogP contribution in [0.2, 0.25) is 0 Å². The topological polar surface area (TPSA) is 46.2 Å². The lowest BCUT2D eigenvalue weighted by molar-refractivity contribution is -0.0526. The van der Waals surface area contributed by atoms with Gasteiger partial charge >= 0.3 is 0 Å². The minimum Gasteiger partial charge on any atom is -0.399 e. The summed E-state index contributed by atoms with van der Waals surface area (Å²) in [6.45, 7) is 4.65. The summed E-state index contributed by atoms with van der Waals surface area (Å²) in [5.41, 5.74) is 8.47. The molecule has 1 saturated carbocycles. The molecule has 2 aliphatic rings. The predicted octanol–water partition coefficient (Wildman–Crippen LogP) is 3.47. The van der Waals surface area contributed by atoms with Gasteiger partial charge in [0, 0.05) is 5.69 Å². The molecule has 0 heterocycles. The number of fused-ring (bicyclic) bond motifs is 1. The van der Waals surface area contributed by atoms with Crippen LogP contribution in [-0.2, 0) is 12.0 Å². The Morgan fingerprint density at radius 1 is 1.16 bits per heavy atom. The van der Waals surface area contributed by atoms with Gasteiger partial charge in [-0.2, -0.15) is 0 Å². The average molecular weight is 259 g/mol. The molecule has 3 unspecified atom stereocenters. The Hall–Kier alpha value is -1.02. The number of hydrogen-bond acceptors (Lipinski definition) is 2. The maximum atomic E-state index is 11.3. The van der Waals surface area contributed by atoms with E-state index in [1.54, 1.807) is 0 Å². The molecule has 19 heavy (non-hydrogen) atoms. The Bertz CT molecular complexity index is 474. The minimum atomic E-state index is -0.605. The van der Waals surface area contributed by atoms with Crippen LogP contribution in [0.3, 0.4) is 0 Å². The smallest absolute Gasteiger partial charge is 0.0930 e. The van der Waals surface area contributed by atoms with Crippen LogP contribution in [0, 0.1) is 17.8 Å². The van der Waals surface area contributed by atoms with E-state index >= 15 is 0 Å². The molecule has 0 radical (unpaired) electrons. The van der Waals surface area contributed by atoms with Gasteiger partial charge in [0.1, 0.15) is 0 Å². The number of nitrogens with two attached hydrogens (primary N) is 1. The molecule has 2 aliphatic carbocycles. The summed E-state index contributed by atoms with van der Waals surface area (Å²) in [4.78, 5) is 0. The largest absolute Gasteiger partial charge is 0.399 e. The molecule has 0 aliphatic heterocycles. The molecular weight excluding hydrogens is 234 g/mol. The van der Waals surface area contributed by atoms with E-state index in [0.29, 0.717) is 5.92 Å². The number of benzene rings is 1. The lowest BCUT2D eigenvalue weighted by Crippen LogP contribution is -2.37. The van der Waals surface area contributed by atoms with Crippen LogP contribution in [0.1, 0.15) is 50.7 Å². The predicted molar refractivity (Wildman–Crippen MR) is 78.7 cm³/mol. The van der Waals surface area contributed by atoms with E-state index in [4.69, 9.17) is 5.73 Å². The first-order chi connectivity index (χ1) is 8.99. The van der Waals surface area contributed by atoms with Gasteiger partial charge in [0.25, 0.3) is 0 Å². The Morgan fingerprint density at radius 2 is 1.84 bits per heavy atom. The second-order valence-electron chi connectivity index (χ2n) is 6.96. The van der Waals surface area contributed by atoms with Crippen LogP contribution in [0.5, 0.6) is 0 Å². The van der Waals surface area contributed by atoms with Crippen LogP contribution in [-0.4, -0.2) is 5.11 Å². The van der Waals surface area contributed by atoms with Crippen molar-refractivity contribution in [2.75, 3.05) is 5.73 Å². The summed E-state index contributed by atoms with van der Waals surface area (Å²) in [6.07, 6.45) is 5.46. The molecule has 0 spiro atoms. The van der Waals surface area contributed by atoms with Gasteiger partial charge in [-0.25, -0.2) is 0 Å². The summed E-state index contributed by atoms with van der Waals surface area (Å²) in [5.74, 6) is 1.88. The Kier molecular flexibility index (Phi) is 3.09. The molecule has 3 N–H and O–H groups in total. The van der Waals surface area contributed by atoms with Crippen molar-refractivity contribution in [3.05, 3.63) is 29.3 Å². The van der Waals surface area contributed by atoms with Crippen LogP contribution >= 0.6 is 0 Å². The number of aryl methyl sites for hydroxylation is 1. The highest BCUT2D eigenvalue weighted by molar-refractivity contribution is 5.49. The zero-order chi connectivity index (χ0) is 13.6. The molecule has 2 nitrogen and oxygen atoms in total. The third-order valence-corrected chi connectivity index (χ3v) is 5.23. The van der Waals surface area contributed by atoms with E-state index in [0.717, 1.165) is 48.8 Å². The summed E-state index contributed by atoms with van der Waals surface area (Å²) >= 11 is 0. The van der Waals surface area contributed by atoms with Gasteiger partial charge in [0.2, 0.25) is 0 Å². The summed E-state index contributed by atoms with van der Waals surface area (Å²) in [5, 5.41) is 11.3. The number of aliphatic hydroxyl groups is 1. The molecule has 1 aromatic carbocycles. The highest BCUT2D eigenvalue weighted by atomic mass is 16.3. The van der Waals surface area contributed by atoms with Crippen molar-refractivity contribution < 1.29 is 5.11 Å².